The number of carbonyl (C=O) groups excluding carboxylic acids is 1. The van der Waals surface area contributed by atoms with Gasteiger partial charge in [0.2, 0.25) is 15.9 Å². The number of methoxy groups -OCH3 is 2. The number of hydrogen-bond donors (Lipinski definition) is 1. The van der Waals surface area contributed by atoms with Gasteiger partial charge in [-0.2, -0.15) is 4.31 Å². The quantitative estimate of drug-likeness (QED) is 0.573. The Labute approximate surface area is 194 Å². The van der Waals surface area contributed by atoms with E-state index in [1.165, 1.54) is 30.7 Å². The molecule has 33 heavy (non-hydrogen) atoms. The van der Waals surface area contributed by atoms with Gasteiger partial charge < -0.3 is 14.8 Å². The molecule has 0 unspecified atom stereocenters. The van der Waals surface area contributed by atoms with Gasteiger partial charge in [0.15, 0.2) is 11.5 Å². The summed E-state index contributed by atoms with van der Waals surface area (Å²) < 4.78 is 38.1. The minimum absolute atomic E-state index is 0.0360. The highest BCUT2D eigenvalue weighted by Gasteiger charge is 2.32. The summed E-state index contributed by atoms with van der Waals surface area (Å²) in [6.45, 7) is 1.04. The fourth-order valence-electron chi connectivity index (χ4n) is 4.26. The van der Waals surface area contributed by atoms with E-state index in [4.69, 9.17) is 9.47 Å². The highest BCUT2D eigenvalue weighted by molar-refractivity contribution is 7.89. The smallest absolute Gasteiger partial charge is 0.243 e. The Bertz CT molecular complexity index is 1250. The Balaban J connectivity index is 1.37. The molecule has 1 N–H and O–H groups in total. The van der Waals surface area contributed by atoms with Crippen molar-refractivity contribution < 1.29 is 22.7 Å². The molecule has 0 aliphatic carbocycles. The molecule has 1 aliphatic heterocycles. The Kier molecular flexibility index (Phi) is 6.85. The van der Waals surface area contributed by atoms with E-state index in [0.717, 1.165) is 16.3 Å². The number of benzene rings is 3. The molecule has 0 spiro atoms. The third-order valence-corrected chi connectivity index (χ3v) is 8.05. The summed E-state index contributed by atoms with van der Waals surface area (Å²) >= 11 is 0. The summed E-state index contributed by atoms with van der Waals surface area (Å²) in [5.74, 6) is 0.585. The summed E-state index contributed by atoms with van der Waals surface area (Å²) in [6, 6.07) is 18.7. The van der Waals surface area contributed by atoms with Crippen LogP contribution in [-0.4, -0.2) is 45.9 Å². The molecule has 1 saturated heterocycles. The maximum atomic E-state index is 13.1. The van der Waals surface area contributed by atoms with Gasteiger partial charge in [-0.05, 0) is 41.3 Å². The van der Waals surface area contributed by atoms with Crippen LogP contribution in [0.3, 0.4) is 0 Å². The minimum Gasteiger partial charge on any atom is -0.493 e. The lowest BCUT2D eigenvalue weighted by Crippen LogP contribution is -2.42. The number of nitrogens with one attached hydrogen (secondary N) is 1. The number of carbonyl (C=O) groups is 1. The standard InChI is InChI=1S/C25H28N2O5S/c1-31-23-11-10-21(16-24(23)32-2)33(29,30)27-14-12-19(13-15-27)25(28)26-17-20-8-5-7-18-6-3-4-9-22(18)20/h3-11,16,19H,12-15,17H2,1-2H3,(H,26,28). The minimum atomic E-state index is -3.68. The molecular formula is C25H28N2O5S. The van der Waals surface area contributed by atoms with E-state index in [-0.39, 0.29) is 16.7 Å². The van der Waals surface area contributed by atoms with Crippen LogP contribution in [0.15, 0.2) is 65.6 Å². The fourth-order valence-corrected chi connectivity index (χ4v) is 5.74. The number of fused-ring (bicyclic) bond motifs is 1. The molecule has 3 aromatic carbocycles. The molecule has 1 fully saturated rings. The molecule has 4 rings (SSSR count). The molecule has 0 bridgehead atoms. The summed E-state index contributed by atoms with van der Waals surface area (Å²) in [5.41, 5.74) is 1.06. The van der Waals surface area contributed by atoms with E-state index >= 15 is 0 Å². The molecule has 0 atom stereocenters. The predicted octanol–water partition coefficient (Wildman–Crippen LogP) is 3.57. The van der Waals surface area contributed by atoms with Crippen molar-refractivity contribution in [2.24, 2.45) is 5.92 Å². The number of nitrogens with zero attached hydrogens (tertiary/aromatic N) is 1. The Morgan fingerprint density at radius 3 is 2.39 bits per heavy atom. The molecule has 0 radical (unpaired) electrons. The van der Waals surface area contributed by atoms with Gasteiger partial charge in [0.25, 0.3) is 0 Å². The van der Waals surface area contributed by atoms with Crippen LogP contribution < -0.4 is 14.8 Å². The SMILES string of the molecule is COc1ccc(S(=O)(=O)N2CCC(C(=O)NCc3cccc4ccccc34)CC2)cc1OC. The monoisotopic (exact) mass is 468 g/mol. The maximum Gasteiger partial charge on any atom is 0.243 e. The number of amides is 1. The highest BCUT2D eigenvalue weighted by atomic mass is 32.2. The molecule has 174 valence electrons. The maximum absolute atomic E-state index is 13.1. The van der Waals surface area contributed by atoms with Crippen LogP contribution in [0.2, 0.25) is 0 Å². The largest absolute Gasteiger partial charge is 0.493 e. The Morgan fingerprint density at radius 1 is 0.970 bits per heavy atom. The number of piperidine rings is 1. The first-order valence-electron chi connectivity index (χ1n) is 10.9. The predicted molar refractivity (Wildman–Crippen MR) is 127 cm³/mol. The average molecular weight is 469 g/mol. The van der Waals surface area contributed by atoms with Gasteiger partial charge in [-0.3, -0.25) is 4.79 Å². The third kappa shape index (κ3) is 4.82. The molecule has 0 saturated carbocycles. The summed E-state index contributed by atoms with van der Waals surface area (Å²) in [6.07, 6.45) is 0.960. The first-order valence-corrected chi connectivity index (χ1v) is 12.3. The molecule has 3 aromatic rings. The van der Waals surface area contributed by atoms with E-state index in [1.54, 1.807) is 6.07 Å². The fraction of sp³-hybridized carbons (Fsp3) is 0.320. The van der Waals surface area contributed by atoms with E-state index in [2.05, 4.69) is 17.4 Å². The summed E-state index contributed by atoms with van der Waals surface area (Å²) in [7, 11) is -0.711. The molecule has 0 aromatic heterocycles. The van der Waals surface area contributed by atoms with Crippen molar-refractivity contribution in [1.82, 2.24) is 9.62 Å². The normalized spacial score (nSPS) is 15.3. The zero-order chi connectivity index (χ0) is 23.4. The zero-order valence-electron chi connectivity index (χ0n) is 18.8. The second kappa shape index (κ2) is 9.80. The average Bonchev–Trinajstić information content (AvgIpc) is 2.86. The van der Waals surface area contributed by atoms with Crippen molar-refractivity contribution >= 4 is 26.7 Å². The second-order valence-corrected chi connectivity index (χ2v) is 9.99. The first kappa shape index (κ1) is 23.1. The van der Waals surface area contributed by atoms with Crippen molar-refractivity contribution in [3.8, 4) is 11.5 Å². The van der Waals surface area contributed by atoms with Crippen molar-refractivity contribution in [2.45, 2.75) is 24.3 Å². The van der Waals surface area contributed by atoms with Gasteiger partial charge in [-0.15, -0.1) is 0 Å². The van der Waals surface area contributed by atoms with E-state index < -0.39 is 10.0 Å². The van der Waals surface area contributed by atoms with Crippen molar-refractivity contribution in [3.63, 3.8) is 0 Å². The van der Waals surface area contributed by atoms with Crippen LogP contribution in [0, 0.1) is 5.92 Å². The lowest BCUT2D eigenvalue weighted by atomic mass is 9.97. The van der Waals surface area contributed by atoms with Gasteiger partial charge in [-0.1, -0.05) is 42.5 Å². The molecule has 8 heteroatoms. The van der Waals surface area contributed by atoms with E-state index in [9.17, 15) is 13.2 Å². The molecule has 7 nitrogen and oxygen atoms in total. The van der Waals surface area contributed by atoms with Crippen LogP contribution in [0.25, 0.3) is 10.8 Å². The number of ether oxygens (including phenoxy) is 2. The van der Waals surface area contributed by atoms with Gasteiger partial charge in [-0.25, -0.2) is 8.42 Å². The molecule has 1 aliphatic rings. The molecular weight excluding hydrogens is 440 g/mol. The first-order chi connectivity index (χ1) is 15.9. The van der Waals surface area contributed by atoms with Crippen LogP contribution in [-0.2, 0) is 21.4 Å². The second-order valence-electron chi connectivity index (χ2n) is 8.05. The Morgan fingerprint density at radius 2 is 1.67 bits per heavy atom. The number of rotatable bonds is 7. The van der Waals surface area contributed by atoms with E-state index in [1.807, 2.05) is 30.3 Å². The highest BCUT2D eigenvalue weighted by Crippen LogP contribution is 2.32. The zero-order valence-corrected chi connectivity index (χ0v) is 19.6. The van der Waals surface area contributed by atoms with E-state index in [0.29, 0.717) is 44.0 Å². The number of sulfonamides is 1. The topological polar surface area (TPSA) is 84.9 Å². The molecule has 1 amide bonds. The van der Waals surface area contributed by atoms with Crippen molar-refractivity contribution in [1.29, 1.82) is 0 Å². The van der Waals surface area contributed by atoms with Crippen LogP contribution >= 0.6 is 0 Å². The third-order valence-electron chi connectivity index (χ3n) is 6.15. The summed E-state index contributed by atoms with van der Waals surface area (Å²) in [5, 5.41) is 5.29. The van der Waals surface area contributed by atoms with Crippen molar-refractivity contribution in [3.05, 3.63) is 66.2 Å². The summed E-state index contributed by atoms with van der Waals surface area (Å²) in [4.78, 5) is 12.9. The van der Waals surface area contributed by atoms with Crippen LogP contribution in [0.4, 0.5) is 0 Å². The Hall–Kier alpha value is -3.10. The molecule has 1 heterocycles. The van der Waals surface area contributed by atoms with Gasteiger partial charge >= 0.3 is 0 Å². The van der Waals surface area contributed by atoms with Crippen LogP contribution in [0.5, 0.6) is 11.5 Å². The van der Waals surface area contributed by atoms with Crippen LogP contribution in [0.1, 0.15) is 18.4 Å². The van der Waals surface area contributed by atoms with Gasteiger partial charge in [0.1, 0.15) is 0 Å². The lowest BCUT2D eigenvalue weighted by Gasteiger charge is -2.30. The lowest BCUT2D eigenvalue weighted by molar-refractivity contribution is -0.126. The van der Waals surface area contributed by atoms with Crippen molar-refractivity contribution in [2.75, 3.05) is 27.3 Å². The number of hydrogen-bond acceptors (Lipinski definition) is 5. The van der Waals surface area contributed by atoms with Gasteiger partial charge in [0.05, 0.1) is 19.1 Å². The van der Waals surface area contributed by atoms with Gasteiger partial charge in [0, 0.05) is 31.6 Å².